The maximum Gasteiger partial charge on any atom is 0.312 e. The van der Waals surface area contributed by atoms with Crippen molar-refractivity contribution in [1.29, 1.82) is 0 Å². The van der Waals surface area contributed by atoms with Crippen LogP contribution in [0.5, 0.6) is 0 Å². The van der Waals surface area contributed by atoms with Gasteiger partial charge < -0.3 is 19.8 Å². The van der Waals surface area contributed by atoms with Gasteiger partial charge in [0, 0.05) is 18.8 Å². The lowest BCUT2D eigenvalue weighted by Gasteiger charge is -2.23. The molecule has 1 aliphatic rings. The number of carbonyl (C=O) groups is 1. The number of ether oxygens (including phenoxy) is 1. The molecule has 2 rings (SSSR count). The number of aliphatic hydroxyl groups is 1. The molecule has 2 unspecified atom stereocenters. The van der Waals surface area contributed by atoms with Crippen molar-refractivity contribution in [2.24, 2.45) is 0 Å². The van der Waals surface area contributed by atoms with Crippen LogP contribution in [0.15, 0.2) is 24.3 Å². The molecule has 2 atom stereocenters. The highest BCUT2D eigenvalue weighted by Crippen LogP contribution is 2.36. The topological polar surface area (TPSA) is 70.0 Å². The standard InChI is InChI=1S/C15H21NO4/c1-10(2)20-9-11(17)7-16-8-13(15(18)19)12-5-3-4-6-14(12)16/h3-6,10-11,13,17H,7-9H2,1-2H3,(H,18,19). The average Bonchev–Trinajstić information content (AvgIpc) is 2.76. The molecule has 110 valence electrons. The van der Waals surface area contributed by atoms with Gasteiger partial charge in [0.1, 0.15) is 5.92 Å². The maximum absolute atomic E-state index is 11.3. The van der Waals surface area contributed by atoms with Crippen LogP contribution in [0.2, 0.25) is 0 Å². The van der Waals surface area contributed by atoms with Crippen LogP contribution < -0.4 is 4.90 Å². The molecule has 1 aromatic rings. The van der Waals surface area contributed by atoms with E-state index in [1.807, 2.05) is 43.0 Å². The van der Waals surface area contributed by atoms with Crippen molar-refractivity contribution < 1.29 is 19.7 Å². The van der Waals surface area contributed by atoms with E-state index in [0.29, 0.717) is 13.1 Å². The number of anilines is 1. The molecule has 1 aliphatic heterocycles. The zero-order valence-electron chi connectivity index (χ0n) is 11.8. The van der Waals surface area contributed by atoms with Gasteiger partial charge in [-0.25, -0.2) is 0 Å². The van der Waals surface area contributed by atoms with E-state index in [-0.39, 0.29) is 12.7 Å². The number of hydrogen-bond acceptors (Lipinski definition) is 4. The van der Waals surface area contributed by atoms with Crippen LogP contribution in [-0.4, -0.2) is 48.1 Å². The van der Waals surface area contributed by atoms with Crippen LogP contribution in [0.25, 0.3) is 0 Å². The highest BCUT2D eigenvalue weighted by molar-refractivity contribution is 5.82. The molecule has 0 bridgehead atoms. The molecular weight excluding hydrogens is 258 g/mol. The first-order valence-electron chi connectivity index (χ1n) is 6.85. The summed E-state index contributed by atoms with van der Waals surface area (Å²) in [5, 5.41) is 19.3. The predicted octanol–water partition coefficient (Wildman–Crippen LogP) is 1.46. The number of hydrogen-bond donors (Lipinski definition) is 2. The van der Waals surface area contributed by atoms with Gasteiger partial charge in [-0.3, -0.25) is 4.79 Å². The first-order valence-corrected chi connectivity index (χ1v) is 6.85. The maximum atomic E-state index is 11.3. The van der Waals surface area contributed by atoms with E-state index in [0.717, 1.165) is 11.3 Å². The molecule has 0 radical (unpaired) electrons. The Morgan fingerprint density at radius 1 is 1.45 bits per heavy atom. The molecule has 0 aromatic heterocycles. The molecule has 0 saturated carbocycles. The van der Waals surface area contributed by atoms with Gasteiger partial charge in [0.25, 0.3) is 0 Å². The lowest BCUT2D eigenvalue weighted by atomic mass is 10.0. The molecule has 20 heavy (non-hydrogen) atoms. The van der Waals surface area contributed by atoms with Gasteiger partial charge in [0.15, 0.2) is 0 Å². The van der Waals surface area contributed by atoms with E-state index in [4.69, 9.17) is 4.74 Å². The van der Waals surface area contributed by atoms with Gasteiger partial charge in [0.05, 0.1) is 18.8 Å². The van der Waals surface area contributed by atoms with Crippen LogP contribution >= 0.6 is 0 Å². The van der Waals surface area contributed by atoms with Crippen LogP contribution in [0.4, 0.5) is 5.69 Å². The summed E-state index contributed by atoms with van der Waals surface area (Å²) in [6.45, 7) is 4.87. The zero-order chi connectivity index (χ0) is 14.7. The van der Waals surface area contributed by atoms with Crippen LogP contribution in [-0.2, 0) is 9.53 Å². The molecule has 5 heteroatoms. The number of carboxylic acids is 1. The zero-order valence-corrected chi connectivity index (χ0v) is 11.8. The van der Waals surface area contributed by atoms with Crippen molar-refractivity contribution in [3.05, 3.63) is 29.8 Å². The van der Waals surface area contributed by atoms with Crippen molar-refractivity contribution in [3.63, 3.8) is 0 Å². The van der Waals surface area contributed by atoms with Crippen molar-refractivity contribution >= 4 is 11.7 Å². The van der Waals surface area contributed by atoms with Crippen molar-refractivity contribution in [2.75, 3.05) is 24.6 Å². The van der Waals surface area contributed by atoms with E-state index in [1.54, 1.807) is 0 Å². The molecule has 1 aromatic carbocycles. The number of aliphatic carboxylic acids is 1. The lowest BCUT2D eigenvalue weighted by molar-refractivity contribution is -0.138. The number of rotatable bonds is 6. The van der Waals surface area contributed by atoms with E-state index in [2.05, 4.69) is 0 Å². The number of β-amino-alcohol motifs (C(OH)–C–C–N with tert-alkyl or cyclic N) is 1. The summed E-state index contributed by atoms with van der Waals surface area (Å²) in [5.74, 6) is -1.35. The second-order valence-electron chi connectivity index (χ2n) is 5.39. The Hall–Kier alpha value is -1.59. The van der Waals surface area contributed by atoms with E-state index < -0.39 is 18.0 Å². The fraction of sp³-hybridized carbons (Fsp3) is 0.533. The summed E-state index contributed by atoms with van der Waals surface area (Å²) in [6.07, 6.45) is -0.555. The Labute approximate surface area is 118 Å². The molecular formula is C15H21NO4. The van der Waals surface area contributed by atoms with Crippen LogP contribution in [0, 0.1) is 0 Å². The fourth-order valence-corrected chi connectivity index (χ4v) is 2.48. The van der Waals surface area contributed by atoms with Crippen LogP contribution in [0.1, 0.15) is 25.3 Å². The van der Waals surface area contributed by atoms with Gasteiger partial charge >= 0.3 is 5.97 Å². The van der Waals surface area contributed by atoms with Gasteiger partial charge in [-0.15, -0.1) is 0 Å². The first-order chi connectivity index (χ1) is 9.49. The highest BCUT2D eigenvalue weighted by Gasteiger charge is 2.33. The monoisotopic (exact) mass is 279 g/mol. The fourth-order valence-electron chi connectivity index (χ4n) is 2.48. The number of benzene rings is 1. The number of para-hydroxylation sites is 1. The van der Waals surface area contributed by atoms with Crippen LogP contribution in [0.3, 0.4) is 0 Å². The first kappa shape index (κ1) is 14.8. The Morgan fingerprint density at radius 2 is 2.15 bits per heavy atom. The summed E-state index contributed by atoms with van der Waals surface area (Å²) >= 11 is 0. The van der Waals surface area contributed by atoms with Crippen molar-refractivity contribution in [3.8, 4) is 0 Å². The molecule has 0 aliphatic carbocycles. The molecule has 2 N–H and O–H groups in total. The minimum Gasteiger partial charge on any atom is -0.481 e. The Bertz CT molecular complexity index is 475. The van der Waals surface area contributed by atoms with E-state index in [1.165, 1.54) is 0 Å². The minimum atomic E-state index is -0.826. The normalized spacial score (nSPS) is 19.2. The number of aliphatic hydroxyl groups excluding tert-OH is 1. The number of fused-ring (bicyclic) bond motifs is 1. The number of carboxylic acid groups (broad SMARTS) is 1. The quantitative estimate of drug-likeness (QED) is 0.825. The van der Waals surface area contributed by atoms with Gasteiger partial charge in [0.2, 0.25) is 0 Å². The highest BCUT2D eigenvalue weighted by atomic mass is 16.5. The molecule has 0 saturated heterocycles. The van der Waals surface area contributed by atoms with Crippen molar-refractivity contribution in [2.45, 2.75) is 32.0 Å². The SMILES string of the molecule is CC(C)OCC(O)CN1CC(C(=O)O)c2ccccc21. The smallest absolute Gasteiger partial charge is 0.312 e. The summed E-state index contributed by atoms with van der Waals surface area (Å²) in [6, 6.07) is 7.46. The summed E-state index contributed by atoms with van der Waals surface area (Å²) in [7, 11) is 0. The molecule has 0 spiro atoms. The van der Waals surface area contributed by atoms with Gasteiger partial charge in [-0.2, -0.15) is 0 Å². The predicted molar refractivity (Wildman–Crippen MR) is 76.1 cm³/mol. The van der Waals surface area contributed by atoms with Gasteiger partial charge in [-0.05, 0) is 25.5 Å². The molecule has 1 heterocycles. The van der Waals surface area contributed by atoms with Gasteiger partial charge in [-0.1, -0.05) is 18.2 Å². The second kappa shape index (κ2) is 6.24. The third-order valence-electron chi connectivity index (χ3n) is 3.41. The largest absolute Gasteiger partial charge is 0.481 e. The Kier molecular flexibility index (Phi) is 4.62. The lowest BCUT2D eigenvalue weighted by Crippen LogP contribution is -2.35. The van der Waals surface area contributed by atoms with E-state index in [9.17, 15) is 15.0 Å². The third-order valence-corrected chi connectivity index (χ3v) is 3.41. The Morgan fingerprint density at radius 3 is 2.80 bits per heavy atom. The van der Waals surface area contributed by atoms with Crippen molar-refractivity contribution in [1.82, 2.24) is 0 Å². The molecule has 0 fully saturated rings. The number of nitrogens with zero attached hydrogens (tertiary/aromatic N) is 1. The molecule has 5 nitrogen and oxygen atoms in total. The van der Waals surface area contributed by atoms with E-state index >= 15 is 0 Å². The second-order valence-corrected chi connectivity index (χ2v) is 5.39. The third kappa shape index (κ3) is 3.29. The minimum absolute atomic E-state index is 0.0716. The average molecular weight is 279 g/mol. The Balaban J connectivity index is 2.05. The summed E-state index contributed by atoms with van der Waals surface area (Å²) in [4.78, 5) is 13.2. The molecule has 0 amide bonds. The summed E-state index contributed by atoms with van der Waals surface area (Å²) < 4.78 is 5.38. The summed E-state index contributed by atoms with van der Waals surface area (Å²) in [5.41, 5.74) is 1.71.